The van der Waals surface area contributed by atoms with E-state index in [0.29, 0.717) is 0 Å². The Balaban J connectivity index is 0.00000215. The Morgan fingerprint density at radius 1 is 0.241 bits per heavy atom. The van der Waals surface area contributed by atoms with Crippen molar-refractivity contribution in [3.8, 4) is 0 Å². The van der Waals surface area contributed by atoms with Crippen molar-refractivity contribution in [1.82, 2.24) is 0 Å². The van der Waals surface area contributed by atoms with Crippen LogP contribution in [0.2, 0.25) is 0 Å². The molecule has 0 radical (unpaired) electrons. The maximum absolute atomic E-state index is 2.35. The quantitative estimate of drug-likeness (QED) is 0.143. The molecule has 278 valence electrons. The van der Waals surface area contributed by atoms with Crippen LogP contribution in [0, 0.1) is 0 Å². The highest BCUT2D eigenvalue weighted by molar-refractivity contribution is 5.94. The molecule has 0 aliphatic rings. The van der Waals surface area contributed by atoms with Crippen molar-refractivity contribution in [2.24, 2.45) is 0 Å². The predicted molar refractivity (Wildman–Crippen MR) is 253 cm³/mol. The number of fused-ring (bicyclic) bond motifs is 4. The van der Waals surface area contributed by atoms with Crippen LogP contribution in [0.3, 0.4) is 0 Å². The highest BCUT2D eigenvalue weighted by Gasteiger charge is 2.15. The summed E-state index contributed by atoms with van der Waals surface area (Å²) < 4.78 is 0. The Bertz CT molecular complexity index is 2670. The van der Waals surface area contributed by atoms with Crippen molar-refractivity contribution < 1.29 is 0 Å². The number of hydrogen-bond donors (Lipinski definition) is 0. The van der Waals surface area contributed by atoms with E-state index in [9.17, 15) is 0 Å². The van der Waals surface area contributed by atoms with Crippen molar-refractivity contribution in [1.29, 1.82) is 0 Å². The van der Waals surface area contributed by atoms with Gasteiger partial charge in [-0.3, -0.25) is 0 Å². The van der Waals surface area contributed by atoms with Crippen molar-refractivity contribution in [2.75, 3.05) is 9.80 Å². The molecule has 10 aromatic rings. The van der Waals surface area contributed by atoms with Gasteiger partial charge in [-0.2, -0.15) is 0 Å². The van der Waals surface area contributed by atoms with E-state index in [2.05, 4.69) is 240 Å². The standard InChI is InChI=1S/C54H38N2.C2H6/c1-5-13-45-35-51(31-23-41(45)9-1)55(52-32-24-42-10-2-6-14-46(42)36-52)49-27-19-39(20-28-49)17-18-40-21-29-50(30-22-40)56(53-33-25-43-11-3-7-15-47(43)37-53)54-34-26-44-12-4-8-16-48(44)38-54;1-2/h1-38H;1-2H3/b18-17+;. The Kier molecular flexibility index (Phi) is 10.2. The van der Waals surface area contributed by atoms with Gasteiger partial charge in [0, 0.05) is 34.1 Å². The molecular formula is C56H44N2. The van der Waals surface area contributed by atoms with E-state index in [-0.39, 0.29) is 0 Å². The van der Waals surface area contributed by atoms with Gasteiger partial charge >= 0.3 is 0 Å². The Morgan fingerprint density at radius 2 is 0.466 bits per heavy atom. The van der Waals surface area contributed by atoms with Crippen molar-refractivity contribution in [3.05, 3.63) is 230 Å². The lowest BCUT2D eigenvalue weighted by atomic mass is 10.1. The Labute approximate surface area is 341 Å². The van der Waals surface area contributed by atoms with Crippen LogP contribution in [0.1, 0.15) is 25.0 Å². The highest BCUT2D eigenvalue weighted by atomic mass is 15.1. The van der Waals surface area contributed by atoms with Crippen LogP contribution in [0.5, 0.6) is 0 Å². The lowest BCUT2D eigenvalue weighted by Gasteiger charge is -2.26. The molecule has 0 saturated heterocycles. The van der Waals surface area contributed by atoms with Gasteiger partial charge in [0.2, 0.25) is 0 Å². The molecule has 0 aromatic heterocycles. The molecule has 0 atom stereocenters. The lowest BCUT2D eigenvalue weighted by molar-refractivity contribution is 1.29. The summed E-state index contributed by atoms with van der Waals surface area (Å²) in [5.74, 6) is 0. The van der Waals surface area contributed by atoms with E-state index >= 15 is 0 Å². The highest BCUT2D eigenvalue weighted by Crippen LogP contribution is 2.39. The molecule has 0 heterocycles. The van der Waals surface area contributed by atoms with Gasteiger partial charge in [-0.25, -0.2) is 0 Å². The maximum atomic E-state index is 2.35. The second-order valence-electron chi connectivity index (χ2n) is 14.3. The van der Waals surface area contributed by atoms with Crippen LogP contribution in [0.4, 0.5) is 34.1 Å². The second-order valence-corrected chi connectivity index (χ2v) is 14.3. The summed E-state index contributed by atoms with van der Waals surface area (Å²) in [6.45, 7) is 4.00. The fourth-order valence-corrected chi connectivity index (χ4v) is 7.82. The maximum Gasteiger partial charge on any atom is 0.0468 e. The SMILES string of the molecule is C(=C\c1ccc(N(c2ccc3ccccc3c2)c2ccc3ccccc3c2)cc1)/c1ccc(N(c2ccc3ccccc3c2)c2ccc3ccccc3c2)cc1.CC. The zero-order valence-corrected chi connectivity index (χ0v) is 32.8. The van der Waals surface area contributed by atoms with Gasteiger partial charge in [-0.05, 0) is 127 Å². The minimum Gasteiger partial charge on any atom is -0.310 e. The third-order valence-corrected chi connectivity index (χ3v) is 10.7. The number of nitrogens with zero attached hydrogens (tertiary/aromatic N) is 2. The first kappa shape index (κ1) is 36.2. The van der Waals surface area contributed by atoms with Crippen LogP contribution in [-0.2, 0) is 0 Å². The van der Waals surface area contributed by atoms with Crippen molar-refractivity contribution in [2.45, 2.75) is 13.8 Å². The number of benzene rings is 10. The molecule has 0 N–H and O–H groups in total. The molecule has 0 amide bonds. The normalized spacial score (nSPS) is 11.2. The molecule has 10 rings (SSSR count). The second kappa shape index (κ2) is 16.4. The summed E-state index contributed by atoms with van der Waals surface area (Å²) in [5, 5.41) is 9.82. The van der Waals surface area contributed by atoms with E-state index in [0.717, 1.165) is 45.3 Å². The van der Waals surface area contributed by atoms with Gasteiger partial charge in [-0.15, -0.1) is 0 Å². The third kappa shape index (κ3) is 7.44. The van der Waals surface area contributed by atoms with Crippen LogP contribution in [0.25, 0.3) is 55.2 Å². The fraction of sp³-hybridized carbons (Fsp3) is 0.0357. The summed E-state index contributed by atoms with van der Waals surface area (Å²) in [5.41, 5.74) is 9.02. The molecule has 0 spiro atoms. The number of hydrogen-bond acceptors (Lipinski definition) is 2. The average Bonchev–Trinajstić information content (AvgIpc) is 3.30. The fourth-order valence-electron chi connectivity index (χ4n) is 7.82. The van der Waals surface area contributed by atoms with Crippen LogP contribution >= 0.6 is 0 Å². The van der Waals surface area contributed by atoms with E-state index in [1.807, 2.05) is 13.8 Å². The van der Waals surface area contributed by atoms with E-state index < -0.39 is 0 Å². The van der Waals surface area contributed by atoms with Crippen LogP contribution in [0.15, 0.2) is 218 Å². The summed E-state index contributed by atoms with van der Waals surface area (Å²) in [6.07, 6.45) is 4.39. The molecule has 2 heteroatoms. The monoisotopic (exact) mass is 744 g/mol. The van der Waals surface area contributed by atoms with Crippen molar-refractivity contribution in [3.63, 3.8) is 0 Å². The third-order valence-electron chi connectivity index (χ3n) is 10.7. The van der Waals surface area contributed by atoms with Crippen molar-refractivity contribution >= 4 is 89.4 Å². The molecule has 0 fully saturated rings. The van der Waals surface area contributed by atoms with E-state index in [1.54, 1.807) is 0 Å². The van der Waals surface area contributed by atoms with Gasteiger partial charge in [0.1, 0.15) is 0 Å². The molecule has 58 heavy (non-hydrogen) atoms. The lowest BCUT2D eigenvalue weighted by Crippen LogP contribution is -2.10. The topological polar surface area (TPSA) is 6.48 Å². The van der Waals surface area contributed by atoms with Gasteiger partial charge in [0.25, 0.3) is 0 Å². The smallest absolute Gasteiger partial charge is 0.0468 e. The summed E-state index contributed by atoms with van der Waals surface area (Å²) in [7, 11) is 0. The first-order valence-corrected chi connectivity index (χ1v) is 20.2. The first-order chi connectivity index (χ1) is 28.7. The van der Waals surface area contributed by atoms with Crippen LogP contribution in [-0.4, -0.2) is 0 Å². The molecule has 0 bridgehead atoms. The zero-order valence-electron chi connectivity index (χ0n) is 32.8. The van der Waals surface area contributed by atoms with Gasteiger partial charge in [-0.1, -0.05) is 172 Å². The van der Waals surface area contributed by atoms with Gasteiger partial charge < -0.3 is 9.80 Å². The molecule has 0 unspecified atom stereocenters. The van der Waals surface area contributed by atoms with Crippen LogP contribution < -0.4 is 9.80 Å². The summed E-state index contributed by atoms with van der Waals surface area (Å²) in [6, 6.07) is 78.7. The average molecular weight is 745 g/mol. The number of anilines is 6. The predicted octanol–water partition coefficient (Wildman–Crippen LogP) is 16.4. The Morgan fingerprint density at radius 3 is 0.724 bits per heavy atom. The Hall–Kier alpha value is -7.42. The minimum atomic E-state index is 1.11. The summed E-state index contributed by atoms with van der Waals surface area (Å²) >= 11 is 0. The first-order valence-electron chi connectivity index (χ1n) is 20.2. The van der Waals surface area contributed by atoms with E-state index in [1.165, 1.54) is 43.1 Å². The van der Waals surface area contributed by atoms with E-state index in [4.69, 9.17) is 0 Å². The summed E-state index contributed by atoms with van der Waals surface area (Å²) in [4.78, 5) is 4.70. The largest absolute Gasteiger partial charge is 0.310 e. The number of rotatable bonds is 8. The minimum absolute atomic E-state index is 1.11. The van der Waals surface area contributed by atoms with Gasteiger partial charge in [0.15, 0.2) is 0 Å². The molecular weight excluding hydrogens is 701 g/mol. The molecule has 10 aromatic carbocycles. The molecule has 0 saturated carbocycles. The zero-order chi connectivity index (χ0) is 39.3. The molecule has 0 aliphatic heterocycles. The molecule has 2 nitrogen and oxygen atoms in total. The van der Waals surface area contributed by atoms with Gasteiger partial charge in [0.05, 0.1) is 0 Å². The molecule has 0 aliphatic carbocycles.